The average Bonchev–Trinajstić information content (AvgIpc) is 2.63. The molecule has 0 spiro atoms. The summed E-state index contributed by atoms with van der Waals surface area (Å²) in [6.07, 6.45) is 0.594. The van der Waals surface area contributed by atoms with Crippen molar-refractivity contribution in [3.8, 4) is 0 Å². The molecule has 1 aromatic carbocycles. The molecule has 0 saturated carbocycles. The summed E-state index contributed by atoms with van der Waals surface area (Å²) in [6, 6.07) is 6.66. The predicted molar refractivity (Wildman–Crippen MR) is 66.3 cm³/mol. The molecule has 1 atom stereocenters. The summed E-state index contributed by atoms with van der Waals surface area (Å²) in [4.78, 5) is 0. The van der Waals surface area contributed by atoms with Gasteiger partial charge in [-0.25, -0.2) is 0 Å². The van der Waals surface area contributed by atoms with Gasteiger partial charge < -0.3 is 15.3 Å². The highest BCUT2D eigenvalue weighted by Crippen LogP contribution is 2.33. The summed E-state index contributed by atoms with van der Waals surface area (Å²) in [6.45, 7) is 0. The predicted octanol–water partition coefficient (Wildman–Crippen LogP) is 3.36. The lowest BCUT2D eigenvalue weighted by molar-refractivity contribution is 0.189. The van der Waals surface area contributed by atoms with Gasteiger partial charge in [-0.1, -0.05) is 17.7 Å². The van der Waals surface area contributed by atoms with Crippen molar-refractivity contribution < 1.29 is 9.52 Å². The topological polar surface area (TPSA) is 59.4 Å². The van der Waals surface area contributed by atoms with Gasteiger partial charge in [0.05, 0.1) is 10.7 Å². The molecule has 84 valence electrons. The Kier molecular flexibility index (Phi) is 3.23. The van der Waals surface area contributed by atoms with Gasteiger partial charge in [0, 0.05) is 16.3 Å². The molecule has 2 aromatic rings. The fourth-order valence-electron chi connectivity index (χ4n) is 1.44. The van der Waals surface area contributed by atoms with E-state index in [9.17, 15) is 5.11 Å². The minimum atomic E-state index is -0.901. The summed E-state index contributed by atoms with van der Waals surface area (Å²) in [5.41, 5.74) is 6.78. The second kappa shape index (κ2) is 4.49. The first kappa shape index (κ1) is 11.5. The van der Waals surface area contributed by atoms with Gasteiger partial charge in [-0.3, -0.25) is 0 Å². The van der Waals surface area contributed by atoms with E-state index in [0.29, 0.717) is 26.5 Å². The van der Waals surface area contributed by atoms with E-state index in [4.69, 9.17) is 21.8 Å². The molecule has 0 aliphatic rings. The zero-order chi connectivity index (χ0) is 11.7. The van der Waals surface area contributed by atoms with Gasteiger partial charge in [-0.15, -0.1) is 0 Å². The van der Waals surface area contributed by atoms with E-state index in [1.165, 1.54) is 6.26 Å². The fraction of sp³-hybridized carbons (Fsp3) is 0.0909. The molecule has 0 aliphatic heterocycles. The second-order valence-corrected chi connectivity index (χ2v) is 4.60. The Balaban J connectivity index is 2.41. The van der Waals surface area contributed by atoms with Crippen LogP contribution in [-0.4, -0.2) is 5.11 Å². The Hall–Kier alpha value is -0.970. The van der Waals surface area contributed by atoms with Crippen LogP contribution in [0.2, 0.25) is 5.02 Å². The fourth-order valence-corrected chi connectivity index (χ4v) is 2.04. The van der Waals surface area contributed by atoms with Crippen molar-refractivity contribution in [2.75, 3.05) is 5.73 Å². The van der Waals surface area contributed by atoms with Crippen molar-refractivity contribution in [1.29, 1.82) is 0 Å². The third-order valence-electron chi connectivity index (χ3n) is 2.24. The molecule has 0 amide bonds. The number of nitrogens with two attached hydrogens (primary N) is 1. The number of furan rings is 1. The van der Waals surface area contributed by atoms with Crippen molar-refractivity contribution in [3.05, 3.63) is 51.3 Å². The van der Waals surface area contributed by atoms with Crippen molar-refractivity contribution in [1.82, 2.24) is 0 Å². The highest BCUT2D eigenvalue weighted by Gasteiger charge is 2.19. The van der Waals surface area contributed by atoms with Gasteiger partial charge >= 0.3 is 0 Å². The maximum absolute atomic E-state index is 10.1. The molecule has 2 rings (SSSR count). The molecular weight excluding hydrogens is 293 g/mol. The molecule has 16 heavy (non-hydrogen) atoms. The number of aliphatic hydroxyl groups excluding tert-OH is 1. The van der Waals surface area contributed by atoms with Gasteiger partial charge in [0.25, 0.3) is 0 Å². The molecular formula is C11H9BrClNO2. The van der Waals surface area contributed by atoms with Crippen LogP contribution in [0.25, 0.3) is 0 Å². The van der Waals surface area contributed by atoms with Gasteiger partial charge in [-0.05, 0) is 34.1 Å². The summed E-state index contributed by atoms with van der Waals surface area (Å²) in [5, 5.41) is 10.6. The first-order valence-electron chi connectivity index (χ1n) is 4.55. The number of halogens is 2. The number of rotatable bonds is 2. The Morgan fingerprint density at radius 1 is 1.38 bits per heavy atom. The number of benzene rings is 1. The van der Waals surface area contributed by atoms with Gasteiger partial charge in [0.1, 0.15) is 6.10 Å². The Morgan fingerprint density at radius 3 is 2.69 bits per heavy atom. The molecule has 1 heterocycles. The van der Waals surface area contributed by atoms with Crippen LogP contribution in [0.3, 0.4) is 0 Å². The van der Waals surface area contributed by atoms with Crippen LogP contribution in [0.1, 0.15) is 17.4 Å². The molecule has 0 bridgehead atoms. The SMILES string of the molecule is Nc1cc(Cl)ccc1C(O)c1occc1Br. The Morgan fingerprint density at radius 2 is 2.12 bits per heavy atom. The maximum atomic E-state index is 10.1. The summed E-state index contributed by atoms with van der Waals surface area (Å²) in [5.74, 6) is 0.425. The summed E-state index contributed by atoms with van der Waals surface area (Å²) < 4.78 is 5.88. The minimum Gasteiger partial charge on any atom is -0.465 e. The second-order valence-electron chi connectivity index (χ2n) is 3.31. The van der Waals surface area contributed by atoms with E-state index in [1.807, 2.05) is 0 Å². The summed E-state index contributed by atoms with van der Waals surface area (Å²) >= 11 is 9.07. The minimum absolute atomic E-state index is 0.425. The summed E-state index contributed by atoms with van der Waals surface area (Å²) in [7, 11) is 0. The molecule has 0 aliphatic carbocycles. The molecule has 0 radical (unpaired) electrons. The van der Waals surface area contributed by atoms with E-state index in [-0.39, 0.29) is 0 Å². The number of hydrogen-bond donors (Lipinski definition) is 2. The normalized spacial score (nSPS) is 12.7. The highest BCUT2D eigenvalue weighted by atomic mass is 79.9. The molecule has 5 heteroatoms. The lowest BCUT2D eigenvalue weighted by atomic mass is 10.1. The van der Waals surface area contributed by atoms with Crippen molar-refractivity contribution in [2.24, 2.45) is 0 Å². The maximum Gasteiger partial charge on any atom is 0.151 e. The van der Waals surface area contributed by atoms with E-state index in [1.54, 1.807) is 24.3 Å². The van der Waals surface area contributed by atoms with Crippen LogP contribution in [0, 0.1) is 0 Å². The van der Waals surface area contributed by atoms with Gasteiger partial charge in [0.2, 0.25) is 0 Å². The van der Waals surface area contributed by atoms with Crippen LogP contribution in [0.5, 0.6) is 0 Å². The van der Waals surface area contributed by atoms with Crippen molar-refractivity contribution >= 4 is 33.2 Å². The molecule has 3 nitrogen and oxygen atoms in total. The number of aliphatic hydroxyl groups is 1. The molecule has 1 aromatic heterocycles. The largest absolute Gasteiger partial charge is 0.465 e. The van der Waals surface area contributed by atoms with Crippen molar-refractivity contribution in [3.63, 3.8) is 0 Å². The average molecular weight is 303 g/mol. The van der Waals surface area contributed by atoms with Crippen LogP contribution >= 0.6 is 27.5 Å². The lowest BCUT2D eigenvalue weighted by Gasteiger charge is -2.11. The van der Waals surface area contributed by atoms with Crippen LogP contribution < -0.4 is 5.73 Å². The number of hydrogen-bond acceptors (Lipinski definition) is 3. The van der Waals surface area contributed by atoms with E-state index in [2.05, 4.69) is 15.9 Å². The first-order valence-corrected chi connectivity index (χ1v) is 5.72. The Labute approximate surface area is 106 Å². The van der Waals surface area contributed by atoms with E-state index >= 15 is 0 Å². The smallest absolute Gasteiger partial charge is 0.151 e. The third kappa shape index (κ3) is 2.09. The van der Waals surface area contributed by atoms with Crippen molar-refractivity contribution in [2.45, 2.75) is 6.10 Å². The quantitative estimate of drug-likeness (QED) is 0.836. The first-order chi connectivity index (χ1) is 7.59. The lowest BCUT2D eigenvalue weighted by Crippen LogP contribution is -2.03. The molecule has 1 unspecified atom stereocenters. The standard InChI is InChI=1S/C11H9BrClNO2/c12-8-3-4-16-11(8)10(15)7-2-1-6(13)5-9(7)14/h1-5,10,15H,14H2. The number of nitrogen functional groups attached to an aromatic ring is 1. The van der Waals surface area contributed by atoms with Crippen LogP contribution in [0.15, 0.2) is 39.4 Å². The van der Waals surface area contributed by atoms with Crippen LogP contribution in [-0.2, 0) is 0 Å². The van der Waals surface area contributed by atoms with E-state index < -0.39 is 6.10 Å². The van der Waals surface area contributed by atoms with E-state index in [0.717, 1.165) is 0 Å². The van der Waals surface area contributed by atoms with Crippen LogP contribution in [0.4, 0.5) is 5.69 Å². The molecule has 3 N–H and O–H groups in total. The van der Waals surface area contributed by atoms with Gasteiger partial charge in [0.15, 0.2) is 5.76 Å². The zero-order valence-electron chi connectivity index (χ0n) is 8.15. The Bertz CT molecular complexity index is 512. The monoisotopic (exact) mass is 301 g/mol. The molecule has 0 saturated heterocycles. The zero-order valence-corrected chi connectivity index (χ0v) is 10.5. The number of anilines is 1. The third-order valence-corrected chi connectivity index (χ3v) is 3.13. The highest BCUT2D eigenvalue weighted by molar-refractivity contribution is 9.10. The van der Waals surface area contributed by atoms with Gasteiger partial charge in [-0.2, -0.15) is 0 Å². The molecule has 0 fully saturated rings.